The van der Waals surface area contributed by atoms with Crippen LogP contribution in [0.4, 0.5) is 0 Å². The molecule has 3 nitrogen and oxygen atoms in total. The van der Waals surface area contributed by atoms with Gasteiger partial charge < -0.3 is 10.4 Å². The number of aliphatic hydroxyl groups excluding tert-OH is 1. The van der Waals surface area contributed by atoms with Crippen molar-refractivity contribution in [3.8, 4) is 0 Å². The van der Waals surface area contributed by atoms with E-state index in [1.54, 1.807) is 0 Å². The lowest BCUT2D eigenvalue weighted by Crippen LogP contribution is -2.32. The van der Waals surface area contributed by atoms with Crippen LogP contribution in [0.2, 0.25) is 0 Å². The average Bonchev–Trinajstić information content (AvgIpc) is 1.97. The molecule has 2 N–H and O–H groups in total. The number of Topliss-reactive ketones (excluding diaryl/α,β-unsaturated/α-hetero) is 1. The molecule has 0 rings (SSSR count). The lowest BCUT2D eigenvalue weighted by Gasteiger charge is -2.07. The van der Waals surface area contributed by atoms with E-state index in [0.29, 0.717) is 6.54 Å². The first-order chi connectivity index (χ1) is 5.18. The van der Waals surface area contributed by atoms with Gasteiger partial charge in [-0.25, -0.2) is 0 Å². The second-order valence-corrected chi connectivity index (χ2v) is 2.68. The average molecular weight is 159 g/mol. The summed E-state index contributed by atoms with van der Waals surface area (Å²) in [6.07, 6.45) is 1.39. The number of rotatable bonds is 6. The van der Waals surface area contributed by atoms with Crippen LogP contribution in [0.25, 0.3) is 0 Å². The molecule has 3 heteroatoms. The third kappa shape index (κ3) is 6.01. The molecule has 1 unspecified atom stereocenters. The van der Waals surface area contributed by atoms with Gasteiger partial charge in [0.05, 0.1) is 0 Å². The van der Waals surface area contributed by atoms with Crippen LogP contribution in [0.15, 0.2) is 0 Å². The van der Waals surface area contributed by atoms with Gasteiger partial charge in [0.2, 0.25) is 0 Å². The van der Waals surface area contributed by atoms with Crippen LogP contribution >= 0.6 is 0 Å². The highest BCUT2D eigenvalue weighted by Crippen LogP contribution is 1.85. The molecule has 0 amide bonds. The van der Waals surface area contributed by atoms with Crippen molar-refractivity contribution < 1.29 is 9.90 Å². The molecular weight excluding hydrogens is 142 g/mol. The fraction of sp³-hybridized carbons (Fsp3) is 0.875. The summed E-state index contributed by atoms with van der Waals surface area (Å²) in [6.45, 7) is 4.76. The Balaban J connectivity index is 3.17. The summed E-state index contributed by atoms with van der Waals surface area (Å²) in [4.78, 5) is 10.5. The summed E-state index contributed by atoms with van der Waals surface area (Å²) >= 11 is 0. The van der Waals surface area contributed by atoms with Gasteiger partial charge in [-0.05, 0) is 19.9 Å². The second kappa shape index (κ2) is 6.31. The molecule has 1 atom stereocenters. The Labute approximate surface area is 67.8 Å². The molecule has 0 aromatic heterocycles. The topological polar surface area (TPSA) is 49.3 Å². The lowest BCUT2D eigenvalue weighted by molar-refractivity contribution is -0.124. The van der Waals surface area contributed by atoms with Crippen molar-refractivity contribution in [1.29, 1.82) is 0 Å². The standard InChI is InChI=1S/C8H17NO2/c1-3-4-5-9-6-8(11)7(2)10/h8-9,11H,3-6H2,1-2H3. The van der Waals surface area contributed by atoms with Crippen LogP contribution in [0, 0.1) is 0 Å². The molecule has 0 saturated heterocycles. The molecule has 0 aliphatic heterocycles. The third-order valence-electron chi connectivity index (χ3n) is 1.51. The van der Waals surface area contributed by atoms with Gasteiger partial charge in [-0.2, -0.15) is 0 Å². The molecule has 0 radical (unpaired) electrons. The number of aliphatic hydroxyl groups is 1. The van der Waals surface area contributed by atoms with Gasteiger partial charge in [0, 0.05) is 6.54 Å². The molecule has 0 saturated carbocycles. The number of hydrogen-bond donors (Lipinski definition) is 2. The summed E-state index contributed by atoms with van der Waals surface area (Å²) in [5.74, 6) is -0.172. The zero-order chi connectivity index (χ0) is 8.69. The molecule has 0 aromatic carbocycles. The molecule has 66 valence electrons. The van der Waals surface area contributed by atoms with E-state index >= 15 is 0 Å². The van der Waals surface area contributed by atoms with E-state index in [4.69, 9.17) is 5.11 Å². The summed E-state index contributed by atoms with van der Waals surface area (Å²) in [7, 11) is 0. The zero-order valence-electron chi connectivity index (χ0n) is 7.26. The summed E-state index contributed by atoms with van der Waals surface area (Å²) in [5, 5.41) is 12.0. The summed E-state index contributed by atoms with van der Waals surface area (Å²) in [5.41, 5.74) is 0. The van der Waals surface area contributed by atoms with Crippen LogP contribution in [0.3, 0.4) is 0 Å². The number of nitrogens with one attached hydrogen (secondary N) is 1. The van der Waals surface area contributed by atoms with Gasteiger partial charge in [0.25, 0.3) is 0 Å². The minimum absolute atomic E-state index is 0.172. The minimum atomic E-state index is -0.827. The maximum Gasteiger partial charge on any atom is 0.159 e. The predicted octanol–water partition coefficient (Wildman–Crippen LogP) is 0.326. The Hall–Kier alpha value is -0.410. The quantitative estimate of drug-likeness (QED) is 0.549. The number of ketones is 1. The van der Waals surface area contributed by atoms with Crippen LogP contribution in [0.1, 0.15) is 26.7 Å². The fourth-order valence-corrected chi connectivity index (χ4v) is 0.684. The van der Waals surface area contributed by atoms with Crippen LogP contribution in [-0.4, -0.2) is 30.1 Å². The Morgan fingerprint density at radius 1 is 1.64 bits per heavy atom. The number of unbranched alkanes of at least 4 members (excludes halogenated alkanes) is 1. The molecule has 0 aromatic rings. The molecule has 0 aliphatic rings. The summed E-state index contributed by atoms with van der Waals surface area (Å²) < 4.78 is 0. The van der Waals surface area contributed by atoms with Gasteiger partial charge in [-0.1, -0.05) is 13.3 Å². The van der Waals surface area contributed by atoms with E-state index in [9.17, 15) is 4.79 Å². The van der Waals surface area contributed by atoms with Crippen LogP contribution in [-0.2, 0) is 4.79 Å². The van der Waals surface area contributed by atoms with Crippen molar-refractivity contribution in [2.24, 2.45) is 0 Å². The van der Waals surface area contributed by atoms with E-state index < -0.39 is 6.10 Å². The Bertz CT molecular complexity index is 115. The first kappa shape index (κ1) is 10.6. The van der Waals surface area contributed by atoms with Crippen molar-refractivity contribution in [2.45, 2.75) is 32.8 Å². The molecule has 0 spiro atoms. The van der Waals surface area contributed by atoms with E-state index in [1.165, 1.54) is 6.92 Å². The minimum Gasteiger partial charge on any atom is -0.384 e. The molecular formula is C8H17NO2. The first-order valence-corrected chi connectivity index (χ1v) is 4.07. The lowest BCUT2D eigenvalue weighted by atomic mass is 10.2. The maximum atomic E-state index is 10.5. The van der Waals surface area contributed by atoms with Crippen molar-refractivity contribution in [3.05, 3.63) is 0 Å². The van der Waals surface area contributed by atoms with Gasteiger partial charge >= 0.3 is 0 Å². The Morgan fingerprint density at radius 2 is 2.27 bits per heavy atom. The first-order valence-electron chi connectivity index (χ1n) is 4.07. The highest BCUT2D eigenvalue weighted by molar-refractivity contribution is 5.80. The highest BCUT2D eigenvalue weighted by atomic mass is 16.3. The van der Waals surface area contributed by atoms with Gasteiger partial charge in [-0.15, -0.1) is 0 Å². The van der Waals surface area contributed by atoms with Gasteiger partial charge in [-0.3, -0.25) is 4.79 Å². The SMILES string of the molecule is CCCCNCC(O)C(C)=O. The zero-order valence-corrected chi connectivity index (χ0v) is 7.26. The highest BCUT2D eigenvalue weighted by Gasteiger charge is 2.07. The maximum absolute atomic E-state index is 10.5. The molecule has 11 heavy (non-hydrogen) atoms. The van der Waals surface area contributed by atoms with Crippen molar-refractivity contribution in [3.63, 3.8) is 0 Å². The number of carbonyl (C=O) groups excluding carboxylic acids is 1. The fourth-order valence-electron chi connectivity index (χ4n) is 0.684. The largest absolute Gasteiger partial charge is 0.384 e. The van der Waals surface area contributed by atoms with Crippen molar-refractivity contribution in [2.75, 3.05) is 13.1 Å². The van der Waals surface area contributed by atoms with Crippen molar-refractivity contribution >= 4 is 5.78 Å². The monoisotopic (exact) mass is 159 g/mol. The molecule has 0 fully saturated rings. The van der Waals surface area contributed by atoms with E-state index in [2.05, 4.69) is 12.2 Å². The van der Waals surface area contributed by atoms with Gasteiger partial charge in [0.1, 0.15) is 6.10 Å². The predicted molar refractivity (Wildman–Crippen MR) is 44.5 cm³/mol. The number of carbonyl (C=O) groups is 1. The van der Waals surface area contributed by atoms with E-state index in [1.807, 2.05) is 0 Å². The van der Waals surface area contributed by atoms with E-state index in [0.717, 1.165) is 19.4 Å². The molecule has 0 heterocycles. The summed E-state index contributed by atoms with van der Waals surface area (Å²) in [6, 6.07) is 0. The van der Waals surface area contributed by atoms with Gasteiger partial charge in [0.15, 0.2) is 5.78 Å². The smallest absolute Gasteiger partial charge is 0.159 e. The molecule has 0 bridgehead atoms. The normalized spacial score (nSPS) is 13.0. The van der Waals surface area contributed by atoms with Crippen molar-refractivity contribution in [1.82, 2.24) is 5.32 Å². The second-order valence-electron chi connectivity index (χ2n) is 2.68. The Kier molecular flexibility index (Phi) is 6.07. The third-order valence-corrected chi connectivity index (χ3v) is 1.51. The Morgan fingerprint density at radius 3 is 2.73 bits per heavy atom. The van der Waals surface area contributed by atoms with Crippen LogP contribution < -0.4 is 5.32 Å². The van der Waals surface area contributed by atoms with Crippen LogP contribution in [0.5, 0.6) is 0 Å². The molecule has 0 aliphatic carbocycles. The van der Waals surface area contributed by atoms with E-state index in [-0.39, 0.29) is 5.78 Å². The number of hydrogen-bond acceptors (Lipinski definition) is 3.